The van der Waals surface area contributed by atoms with Crippen LogP contribution in [-0.4, -0.2) is 28.0 Å². The van der Waals surface area contributed by atoms with E-state index in [-0.39, 0.29) is 12.3 Å². The summed E-state index contributed by atoms with van der Waals surface area (Å²) in [6.07, 6.45) is -0.0870. The fourth-order valence-electron chi connectivity index (χ4n) is 2.22. The van der Waals surface area contributed by atoms with Gasteiger partial charge in [0.1, 0.15) is 0 Å². The second-order valence-electron chi connectivity index (χ2n) is 5.11. The van der Waals surface area contributed by atoms with Crippen LogP contribution in [0.3, 0.4) is 0 Å². The normalized spacial score (nSPS) is 12.3. The van der Waals surface area contributed by atoms with Gasteiger partial charge in [0.05, 0.1) is 6.42 Å². The van der Waals surface area contributed by atoms with Crippen molar-refractivity contribution < 1.29 is 14.7 Å². The third-order valence-corrected chi connectivity index (χ3v) is 3.43. The van der Waals surface area contributed by atoms with Crippen LogP contribution in [0, 0.1) is 13.8 Å². The second kappa shape index (κ2) is 5.36. The first-order chi connectivity index (χ1) is 9.38. The van der Waals surface area contributed by atoms with Crippen LogP contribution < -0.4 is 5.32 Å². The molecular weight excluding hydrogens is 256 g/mol. The lowest BCUT2D eigenvalue weighted by molar-refractivity contribution is -0.137. The zero-order valence-electron chi connectivity index (χ0n) is 11.8. The predicted molar refractivity (Wildman–Crippen MR) is 77.0 cm³/mol. The highest BCUT2D eigenvalue weighted by Gasteiger charge is 2.14. The topological polar surface area (TPSA) is 82.2 Å². The van der Waals surface area contributed by atoms with Crippen LogP contribution in [0.5, 0.6) is 0 Å². The summed E-state index contributed by atoms with van der Waals surface area (Å²) in [7, 11) is 0. The van der Waals surface area contributed by atoms with Crippen LogP contribution in [-0.2, 0) is 4.79 Å². The molecule has 1 aromatic carbocycles. The van der Waals surface area contributed by atoms with E-state index in [1.54, 1.807) is 13.0 Å². The number of amides is 1. The summed E-state index contributed by atoms with van der Waals surface area (Å²) < 4.78 is 0. The molecule has 5 heteroatoms. The number of carboxylic acid groups (broad SMARTS) is 1. The maximum absolute atomic E-state index is 12.1. The Morgan fingerprint density at radius 2 is 2.05 bits per heavy atom. The molecule has 0 spiro atoms. The van der Waals surface area contributed by atoms with Crippen molar-refractivity contribution in [3.8, 4) is 0 Å². The predicted octanol–water partition coefficient (Wildman–Crippen LogP) is 2.38. The number of hydrogen-bond acceptors (Lipinski definition) is 2. The molecular formula is C15H18N2O3. The molecule has 0 aliphatic carbocycles. The molecule has 106 valence electrons. The van der Waals surface area contributed by atoms with Gasteiger partial charge in [0, 0.05) is 28.2 Å². The first-order valence-corrected chi connectivity index (χ1v) is 6.50. The molecule has 0 bridgehead atoms. The quantitative estimate of drug-likeness (QED) is 0.800. The summed E-state index contributed by atoms with van der Waals surface area (Å²) in [4.78, 5) is 25.9. The number of carboxylic acids is 1. The lowest BCUT2D eigenvalue weighted by atomic mass is 10.1. The third-order valence-electron chi connectivity index (χ3n) is 3.43. The van der Waals surface area contributed by atoms with Crippen molar-refractivity contribution in [1.82, 2.24) is 10.3 Å². The summed E-state index contributed by atoms with van der Waals surface area (Å²) in [5.74, 6) is -1.18. The van der Waals surface area contributed by atoms with E-state index in [0.717, 1.165) is 22.2 Å². The minimum atomic E-state index is -0.926. The van der Waals surface area contributed by atoms with Gasteiger partial charge in [-0.25, -0.2) is 0 Å². The van der Waals surface area contributed by atoms with Gasteiger partial charge in [0.15, 0.2) is 0 Å². The van der Waals surface area contributed by atoms with E-state index in [9.17, 15) is 9.59 Å². The van der Waals surface area contributed by atoms with Crippen molar-refractivity contribution in [2.75, 3.05) is 0 Å². The number of hydrogen-bond donors (Lipinski definition) is 3. The molecule has 1 unspecified atom stereocenters. The van der Waals surface area contributed by atoms with Crippen LogP contribution in [0.15, 0.2) is 18.2 Å². The van der Waals surface area contributed by atoms with E-state index in [1.165, 1.54) is 0 Å². The van der Waals surface area contributed by atoms with Crippen LogP contribution in [0.1, 0.15) is 35.0 Å². The Balaban J connectivity index is 2.22. The van der Waals surface area contributed by atoms with Crippen molar-refractivity contribution in [2.45, 2.75) is 33.2 Å². The summed E-state index contributed by atoms with van der Waals surface area (Å²) in [6.45, 7) is 5.67. The molecule has 0 radical (unpaired) electrons. The lowest BCUT2D eigenvalue weighted by Gasteiger charge is -2.11. The first kappa shape index (κ1) is 14.1. The largest absolute Gasteiger partial charge is 0.481 e. The van der Waals surface area contributed by atoms with E-state index in [2.05, 4.69) is 10.3 Å². The number of aromatic nitrogens is 1. The number of fused-ring (bicyclic) bond motifs is 1. The molecule has 2 rings (SSSR count). The van der Waals surface area contributed by atoms with Crippen LogP contribution in [0.4, 0.5) is 0 Å². The molecule has 1 amide bonds. The molecule has 0 saturated heterocycles. The maximum atomic E-state index is 12.1. The number of aryl methyl sites for hydroxylation is 2. The molecule has 1 heterocycles. The molecule has 0 aliphatic heterocycles. The van der Waals surface area contributed by atoms with Crippen LogP contribution in [0.2, 0.25) is 0 Å². The summed E-state index contributed by atoms with van der Waals surface area (Å²) >= 11 is 0. The molecule has 0 fully saturated rings. The number of aliphatic carboxylic acids is 1. The Morgan fingerprint density at radius 1 is 1.35 bits per heavy atom. The van der Waals surface area contributed by atoms with Crippen molar-refractivity contribution in [3.63, 3.8) is 0 Å². The number of aromatic amines is 1. The van der Waals surface area contributed by atoms with Gasteiger partial charge >= 0.3 is 5.97 Å². The number of H-pyrrole nitrogens is 1. The Bertz CT molecular complexity index is 673. The van der Waals surface area contributed by atoms with Gasteiger partial charge in [-0.3, -0.25) is 9.59 Å². The Labute approximate surface area is 117 Å². The fraction of sp³-hybridized carbons (Fsp3) is 0.333. The molecule has 0 aliphatic rings. The van der Waals surface area contributed by atoms with Crippen molar-refractivity contribution in [3.05, 3.63) is 35.0 Å². The highest BCUT2D eigenvalue weighted by atomic mass is 16.4. The zero-order chi connectivity index (χ0) is 14.9. The summed E-state index contributed by atoms with van der Waals surface area (Å²) in [6, 6.07) is 5.04. The SMILES string of the molecule is Cc1[nH]c2ccc(C(=O)NC(C)CC(=O)O)cc2c1C. The van der Waals surface area contributed by atoms with E-state index in [0.29, 0.717) is 5.56 Å². The highest BCUT2D eigenvalue weighted by molar-refractivity contribution is 5.99. The molecule has 0 saturated carbocycles. The number of carbonyl (C=O) groups excluding carboxylic acids is 1. The van der Waals surface area contributed by atoms with E-state index in [1.807, 2.05) is 26.0 Å². The Hall–Kier alpha value is -2.30. The van der Waals surface area contributed by atoms with E-state index in [4.69, 9.17) is 5.11 Å². The molecule has 1 aromatic heterocycles. The summed E-state index contributed by atoms with van der Waals surface area (Å²) in [5.41, 5.74) is 3.73. The van der Waals surface area contributed by atoms with Gasteiger partial charge in [0.2, 0.25) is 0 Å². The monoisotopic (exact) mass is 274 g/mol. The standard InChI is InChI=1S/C15H18N2O3/c1-8(6-14(18)19)16-15(20)11-4-5-13-12(7-11)9(2)10(3)17-13/h4-5,7-8,17H,6H2,1-3H3,(H,16,20)(H,18,19). The van der Waals surface area contributed by atoms with Gasteiger partial charge < -0.3 is 15.4 Å². The molecule has 20 heavy (non-hydrogen) atoms. The smallest absolute Gasteiger partial charge is 0.305 e. The molecule has 1 atom stereocenters. The van der Waals surface area contributed by atoms with Gasteiger partial charge in [-0.1, -0.05) is 0 Å². The first-order valence-electron chi connectivity index (χ1n) is 6.50. The Kier molecular flexibility index (Phi) is 3.79. The number of carbonyl (C=O) groups is 2. The number of rotatable bonds is 4. The summed E-state index contributed by atoms with van der Waals surface area (Å²) in [5, 5.41) is 12.4. The van der Waals surface area contributed by atoms with E-state index < -0.39 is 12.0 Å². The van der Waals surface area contributed by atoms with Crippen molar-refractivity contribution >= 4 is 22.8 Å². The van der Waals surface area contributed by atoms with Crippen molar-refractivity contribution in [2.24, 2.45) is 0 Å². The minimum absolute atomic E-state index is 0.0870. The van der Waals surface area contributed by atoms with Gasteiger partial charge in [-0.15, -0.1) is 0 Å². The number of benzene rings is 1. The fourth-order valence-corrected chi connectivity index (χ4v) is 2.22. The minimum Gasteiger partial charge on any atom is -0.481 e. The highest BCUT2D eigenvalue weighted by Crippen LogP contribution is 2.22. The molecule has 2 aromatic rings. The maximum Gasteiger partial charge on any atom is 0.305 e. The average molecular weight is 274 g/mol. The zero-order valence-corrected chi connectivity index (χ0v) is 11.8. The van der Waals surface area contributed by atoms with Gasteiger partial charge in [-0.05, 0) is 44.5 Å². The van der Waals surface area contributed by atoms with E-state index >= 15 is 0 Å². The second-order valence-corrected chi connectivity index (χ2v) is 5.11. The number of nitrogens with one attached hydrogen (secondary N) is 2. The van der Waals surface area contributed by atoms with Gasteiger partial charge in [-0.2, -0.15) is 0 Å². The average Bonchev–Trinajstić information content (AvgIpc) is 2.63. The van der Waals surface area contributed by atoms with Crippen LogP contribution in [0.25, 0.3) is 10.9 Å². The molecule has 3 N–H and O–H groups in total. The Morgan fingerprint density at radius 3 is 2.70 bits per heavy atom. The molecule has 5 nitrogen and oxygen atoms in total. The third kappa shape index (κ3) is 2.82. The van der Waals surface area contributed by atoms with Crippen LogP contribution >= 0.6 is 0 Å². The van der Waals surface area contributed by atoms with Crippen molar-refractivity contribution in [1.29, 1.82) is 0 Å². The lowest BCUT2D eigenvalue weighted by Crippen LogP contribution is -2.34. The van der Waals surface area contributed by atoms with Gasteiger partial charge in [0.25, 0.3) is 5.91 Å².